The van der Waals surface area contributed by atoms with E-state index in [1.54, 1.807) is 0 Å². The van der Waals surface area contributed by atoms with Crippen molar-refractivity contribution in [1.29, 1.82) is 0 Å². The van der Waals surface area contributed by atoms with Crippen LogP contribution in [0.1, 0.15) is 32.6 Å². The van der Waals surface area contributed by atoms with Crippen LogP contribution in [-0.4, -0.2) is 72.4 Å². The zero-order valence-corrected chi connectivity index (χ0v) is 12.5. The van der Waals surface area contributed by atoms with Gasteiger partial charge in [-0.1, -0.05) is 0 Å². The number of hydrogen-bond donors (Lipinski definition) is 1. The number of nitrogens with zero attached hydrogens (tertiary/aromatic N) is 2. The summed E-state index contributed by atoms with van der Waals surface area (Å²) in [4.78, 5) is 16.2. The van der Waals surface area contributed by atoms with E-state index < -0.39 is 0 Å². The number of hydrogen-bond acceptors (Lipinski definition) is 4. The fourth-order valence-electron chi connectivity index (χ4n) is 4.21. The number of rotatable bonds is 3. The molecular formula is C15H26N2O3. The van der Waals surface area contributed by atoms with Crippen LogP contribution in [0.4, 0.5) is 0 Å². The minimum absolute atomic E-state index is 0.0416. The van der Waals surface area contributed by atoms with Gasteiger partial charge in [-0.05, 0) is 39.3 Å². The maximum Gasteiger partial charge on any atom is 0.239 e. The quantitative estimate of drug-likeness (QED) is 0.817. The van der Waals surface area contributed by atoms with E-state index in [-0.39, 0.29) is 29.6 Å². The normalized spacial score (nSPS) is 37.5. The highest BCUT2D eigenvalue weighted by atomic mass is 16.5. The Bertz CT molecular complexity index is 377. The molecular weight excluding hydrogens is 256 g/mol. The number of piperidine rings is 1. The lowest BCUT2D eigenvalue weighted by Gasteiger charge is -2.57. The molecule has 1 saturated carbocycles. The van der Waals surface area contributed by atoms with Crippen molar-refractivity contribution < 1.29 is 14.6 Å². The lowest BCUT2D eigenvalue weighted by molar-refractivity contribution is -0.211. The van der Waals surface area contributed by atoms with E-state index in [2.05, 4.69) is 4.90 Å². The van der Waals surface area contributed by atoms with Crippen LogP contribution in [0.3, 0.4) is 0 Å². The van der Waals surface area contributed by atoms with Gasteiger partial charge in [-0.25, -0.2) is 0 Å². The van der Waals surface area contributed by atoms with Crippen LogP contribution in [0.15, 0.2) is 0 Å². The molecule has 2 saturated heterocycles. The molecule has 3 atom stereocenters. The summed E-state index contributed by atoms with van der Waals surface area (Å²) < 4.78 is 5.79. The molecule has 1 spiro atoms. The van der Waals surface area contributed by atoms with Crippen molar-refractivity contribution in [2.24, 2.45) is 5.41 Å². The second kappa shape index (κ2) is 5.28. The van der Waals surface area contributed by atoms with E-state index >= 15 is 0 Å². The van der Waals surface area contributed by atoms with E-state index in [9.17, 15) is 9.90 Å². The Morgan fingerprint density at radius 3 is 2.55 bits per heavy atom. The van der Waals surface area contributed by atoms with Crippen LogP contribution in [0, 0.1) is 5.41 Å². The van der Waals surface area contributed by atoms with Crippen molar-refractivity contribution in [3.63, 3.8) is 0 Å². The molecule has 0 aromatic carbocycles. The van der Waals surface area contributed by atoms with Crippen molar-refractivity contribution in [3.05, 3.63) is 0 Å². The predicted molar refractivity (Wildman–Crippen MR) is 75.3 cm³/mol. The molecule has 5 heteroatoms. The van der Waals surface area contributed by atoms with Gasteiger partial charge in [0.05, 0.1) is 18.2 Å². The first-order valence-corrected chi connectivity index (χ1v) is 7.87. The third-order valence-corrected chi connectivity index (χ3v) is 5.68. The average molecular weight is 282 g/mol. The molecule has 1 amide bonds. The Hall–Kier alpha value is -0.650. The number of carbonyl (C=O) groups is 1. The third kappa shape index (κ3) is 2.07. The molecule has 3 fully saturated rings. The van der Waals surface area contributed by atoms with E-state index in [1.807, 2.05) is 18.9 Å². The van der Waals surface area contributed by atoms with Gasteiger partial charge in [0, 0.05) is 32.0 Å². The largest absolute Gasteiger partial charge is 0.392 e. The summed E-state index contributed by atoms with van der Waals surface area (Å²) in [5.41, 5.74) is -0.0416. The molecule has 3 aliphatic rings. The second-order valence-corrected chi connectivity index (χ2v) is 6.53. The molecule has 1 aliphatic carbocycles. The fourth-order valence-corrected chi connectivity index (χ4v) is 4.21. The molecule has 2 heterocycles. The van der Waals surface area contributed by atoms with Gasteiger partial charge in [0.2, 0.25) is 5.91 Å². The first-order valence-electron chi connectivity index (χ1n) is 7.87. The molecule has 20 heavy (non-hydrogen) atoms. The van der Waals surface area contributed by atoms with Crippen molar-refractivity contribution in [2.75, 3.05) is 33.3 Å². The fraction of sp³-hybridized carbons (Fsp3) is 0.933. The Labute approximate surface area is 120 Å². The van der Waals surface area contributed by atoms with Gasteiger partial charge in [-0.2, -0.15) is 0 Å². The number of ether oxygens (including phenoxy) is 1. The smallest absolute Gasteiger partial charge is 0.239 e. The Kier molecular flexibility index (Phi) is 3.77. The van der Waals surface area contributed by atoms with Crippen LogP contribution >= 0.6 is 0 Å². The predicted octanol–water partition coefficient (Wildman–Crippen LogP) is 0.469. The molecule has 0 bridgehead atoms. The molecule has 0 aromatic rings. The molecule has 0 radical (unpaired) electrons. The zero-order chi connectivity index (χ0) is 14.3. The van der Waals surface area contributed by atoms with Crippen molar-refractivity contribution in [3.8, 4) is 0 Å². The number of amides is 1. The highest BCUT2D eigenvalue weighted by Crippen LogP contribution is 2.51. The minimum atomic E-state index is -0.219. The Morgan fingerprint density at radius 2 is 2.05 bits per heavy atom. The second-order valence-electron chi connectivity index (χ2n) is 6.53. The SMILES string of the molecule is CCOC1CC(O)C12CCN(C1CCN(C)C1=O)CC2. The van der Waals surface area contributed by atoms with E-state index in [1.165, 1.54) is 0 Å². The summed E-state index contributed by atoms with van der Waals surface area (Å²) in [5.74, 6) is 0.261. The lowest BCUT2D eigenvalue weighted by Crippen LogP contribution is -2.63. The minimum Gasteiger partial charge on any atom is -0.392 e. The van der Waals surface area contributed by atoms with Crippen molar-refractivity contribution in [1.82, 2.24) is 9.80 Å². The van der Waals surface area contributed by atoms with Gasteiger partial charge in [0.1, 0.15) is 0 Å². The van der Waals surface area contributed by atoms with E-state index in [0.29, 0.717) is 0 Å². The zero-order valence-electron chi connectivity index (χ0n) is 12.5. The van der Waals surface area contributed by atoms with Gasteiger partial charge in [0.15, 0.2) is 0 Å². The highest BCUT2D eigenvalue weighted by molar-refractivity contribution is 5.83. The van der Waals surface area contributed by atoms with Crippen LogP contribution in [0.5, 0.6) is 0 Å². The number of aliphatic hydroxyl groups excluding tert-OH is 1. The summed E-state index contributed by atoms with van der Waals surface area (Å²) >= 11 is 0. The third-order valence-electron chi connectivity index (χ3n) is 5.68. The average Bonchev–Trinajstić information content (AvgIpc) is 2.79. The van der Waals surface area contributed by atoms with Gasteiger partial charge in [0.25, 0.3) is 0 Å². The molecule has 114 valence electrons. The molecule has 0 aromatic heterocycles. The summed E-state index contributed by atoms with van der Waals surface area (Å²) in [7, 11) is 1.88. The number of likely N-dealkylation sites (N-methyl/N-ethyl adjacent to an activating group) is 1. The Balaban J connectivity index is 1.61. The Morgan fingerprint density at radius 1 is 1.35 bits per heavy atom. The first kappa shape index (κ1) is 14.3. The van der Waals surface area contributed by atoms with Crippen molar-refractivity contribution in [2.45, 2.75) is 50.9 Å². The molecule has 3 unspecified atom stereocenters. The number of likely N-dealkylation sites (tertiary alicyclic amines) is 2. The molecule has 5 nitrogen and oxygen atoms in total. The molecule has 3 rings (SSSR count). The van der Waals surface area contributed by atoms with Crippen molar-refractivity contribution >= 4 is 5.91 Å². The van der Waals surface area contributed by atoms with Crippen LogP contribution < -0.4 is 0 Å². The van der Waals surface area contributed by atoms with E-state index in [4.69, 9.17) is 4.74 Å². The molecule has 1 N–H and O–H groups in total. The summed E-state index contributed by atoms with van der Waals surface area (Å²) in [6.45, 7) is 5.42. The summed E-state index contributed by atoms with van der Waals surface area (Å²) in [6, 6.07) is 0.0695. The lowest BCUT2D eigenvalue weighted by atomic mass is 9.58. The standard InChI is InChI=1S/C15H26N2O3/c1-3-20-13-10-12(18)15(13)5-8-17(9-6-15)11-4-7-16(2)14(11)19/h11-13,18H,3-10H2,1-2H3. The first-order chi connectivity index (χ1) is 9.58. The maximum atomic E-state index is 12.1. The summed E-state index contributed by atoms with van der Waals surface area (Å²) in [6.07, 6.45) is 3.62. The van der Waals surface area contributed by atoms with Gasteiger partial charge >= 0.3 is 0 Å². The van der Waals surface area contributed by atoms with Crippen LogP contribution in [0.2, 0.25) is 0 Å². The van der Waals surface area contributed by atoms with Gasteiger partial charge in [-0.3, -0.25) is 9.69 Å². The van der Waals surface area contributed by atoms with Crippen LogP contribution in [0.25, 0.3) is 0 Å². The van der Waals surface area contributed by atoms with Crippen LogP contribution in [-0.2, 0) is 9.53 Å². The van der Waals surface area contributed by atoms with E-state index in [0.717, 1.165) is 51.9 Å². The monoisotopic (exact) mass is 282 g/mol. The topological polar surface area (TPSA) is 53.0 Å². The summed E-state index contributed by atoms with van der Waals surface area (Å²) in [5, 5.41) is 10.2. The molecule has 2 aliphatic heterocycles. The number of carbonyl (C=O) groups excluding carboxylic acids is 1. The maximum absolute atomic E-state index is 12.1. The number of aliphatic hydroxyl groups is 1. The highest BCUT2D eigenvalue weighted by Gasteiger charge is 2.56. The van der Waals surface area contributed by atoms with Gasteiger partial charge in [-0.15, -0.1) is 0 Å². The van der Waals surface area contributed by atoms with Gasteiger partial charge < -0.3 is 14.7 Å².